The quantitative estimate of drug-likeness (QED) is 0.786. The normalized spacial score (nSPS) is 10.6. The molecule has 0 fully saturated rings. The second-order valence-corrected chi connectivity index (χ2v) is 3.15. The topological polar surface area (TPSA) is 52.0 Å². The number of rotatable bonds is 1. The molecule has 0 atom stereocenters. The molecule has 2 aromatic rings. The van der Waals surface area contributed by atoms with Crippen LogP contribution in [-0.2, 0) is 0 Å². The highest BCUT2D eigenvalue weighted by Crippen LogP contribution is 2.27. The summed E-state index contributed by atoms with van der Waals surface area (Å²) in [6.07, 6.45) is 0. The predicted molar refractivity (Wildman–Crippen MR) is 51.0 cm³/mol. The minimum Gasteiger partial charge on any atom is -0.381 e. The molecule has 0 aliphatic rings. The summed E-state index contributed by atoms with van der Waals surface area (Å²) in [5.41, 5.74) is 6.50. The molecule has 0 saturated heterocycles. The minimum absolute atomic E-state index is 0.245. The van der Waals surface area contributed by atoms with Crippen molar-refractivity contribution in [3.63, 3.8) is 0 Å². The highest BCUT2D eigenvalue weighted by Gasteiger charge is 2.13. The molecule has 1 heterocycles. The SMILES string of the molecule is Cc1c(N)noc1-c1ccc(F)c(F)c1. The van der Waals surface area contributed by atoms with Gasteiger partial charge in [0.15, 0.2) is 23.2 Å². The number of halogens is 2. The molecule has 1 aromatic heterocycles. The molecule has 0 bridgehead atoms. The van der Waals surface area contributed by atoms with E-state index in [1.54, 1.807) is 6.92 Å². The summed E-state index contributed by atoms with van der Waals surface area (Å²) in [5.74, 6) is -1.23. The van der Waals surface area contributed by atoms with Gasteiger partial charge >= 0.3 is 0 Å². The summed E-state index contributed by atoms with van der Waals surface area (Å²) in [7, 11) is 0. The average molecular weight is 210 g/mol. The van der Waals surface area contributed by atoms with Crippen LogP contribution in [0.2, 0.25) is 0 Å². The lowest BCUT2D eigenvalue weighted by atomic mass is 10.1. The van der Waals surface area contributed by atoms with Crippen LogP contribution in [0.15, 0.2) is 22.7 Å². The first kappa shape index (κ1) is 9.64. The number of anilines is 1. The maximum Gasteiger partial charge on any atom is 0.172 e. The maximum atomic E-state index is 12.9. The van der Waals surface area contributed by atoms with Gasteiger partial charge in [-0.05, 0) is 25.1 Å². The molecule has 78 valence electrons. The smallest absolute Gasteiger partial charge is 0.172 e. The van der Waals surface area contributed by atoms with Crippen molar-refractivity contribution in [2.24, 2.45) is 0 Å². The van der Waals surface area contributed by atoms with Crippen molar-refractivity contribution in [2.75, 3.05) is 5.73 Å². The van der Waals surface area contributed by atoms with Gasteiger partial charge in [-0.1, -0.05) is 5.16 Å². The summed E-state index contributed by atoms with van der Waals surface area (Å²) in [6, 6.07) is 3.48. The van der Waals surface area contributed by atoms with E-state index in [1.165, 1.54) is 6.07 Å². The first-order chi connectivity index (χ1) is 7.09. The highest BCUT2D eigenvalue weighted by molar-refractivity contribution is 5.65. The molecular weight excluding hydrogens is 202 g/mol. The van der Waals surface area contributed by atoms with E-state index in [-0.39, 0.29) is 5.82 Å². The van der Waals surface area contributed by atoms with E-state index < -0.39 is 11.6 Å². The van der Waals surface area contributed by atoms with Crippen LogP contribution in [0.4, 0.5) is 14.6 Å². The van der Waals surface area contributed by atoms with E-state index in [0.717, 1.165) is 12.1 Å². The zero-order chi connectivity index (χ0) is 11.0. The van der Waals surface area contributed by atoms with Crippen LogP contribution in [0.25, 0.3) is 11.3 Å². The zero-order valence-electron chi connectivity index (χ0n) is 7.92. The lowest BCUT2D eigenvalue weighted by molar-refractivity contribution is 0.434. The Morgan fingerprint density at radius 1 is 1.27 bits per heavy atom. The molecular formula is C10H8F2N2O. The number of hydrogen-bond acceptors (Lipinski definition) is 3. The van der Waals surface area contributed by atoms with Gasteiger partial charge in [-0.15, -0.1) is 0 Å². The summed E-state index contributed by atoms with van der Waals surface area (Å²) in [4.78, 5) is 0. The molecule has 0 saturated carbocycles. The van der Waals surface area contributed by atoms with Crippen LogP contribution in [0.3, 0.4) is 0 Å². The standard InChI is InChI=1S/C10H8F2N2O/c1-5-9(15-14-10(5)13)6-2-3-7(11)8(12)4-6/h2-4H,1H3,(H2,13,14). The highest BCUT2D eigenvalue weighted by atomic mass is 19.2. The van der Waals surface area contributed by atoms with E-state index in [4.69, 9.17) is 10.3 Å². The molecule has 0 aliphatic heterocycles. The van der Waals surface area contributed by atoms with Crippen LogP contribution in [0.5, 0.6) is 0 Å². The van der Waals surface area contributed by atoms with Crippen LogP contribution in [0.1, 0.15) is 5.56 Å². The van der Waals surface area contributed by atoms with Crippen molar-refractivity contribution in [3.05, 3.63) is 35.4 Å². The van der Waals surface area contributed by atoms with Gasteiger partial charge in [0, 0.05) is 11.1 Å². The van der Waals surface area contributed by atoms with Crippen LogP contribution >= 0.6 is 0 Å². The molecule has 3 nitrogen and oxygen atoms in total. The summed E-state index contributed by atoms with van der Waals surface area (Å²) in [5, 5.41) is 3.53. The third-order valence-electron chi connectivity index (χ3n) is 2.14. The van der Waals surface area contributed by atoms with Crippen molar-refractivity contribution in [1.82, 2.24) is 5.16 Å². The van der Waals surface area contributed by atoms with Crippen LogP contribution in [-0.4, -0.2) is 5.16 Å². The van der Waals surface area contributed by atoms with Crippen molar-refractivity contribution in [3.8, 4) is 11.3 Å². The number of benzene rings is 1. The van der Waals surface area contributed by atoms with E-state index in [9.17, 15) is 8.78 Å². The maximum absolute atomic E-state index is 12.9. The van der Waals surface area contributed by atoms with Gasteiger partial charge < -0.3 is 10.3 Å². The van der Waals surface area contributed by atoms with E-state index in [0.29, 0.717) is 16.9 Å². The molecule has 5 heteroatoms. The Bertz CT molecular complexity index is 508. The fourth-order valence-electron chi connectivity index (χ4n) is 1.25. The van der Waals surface area contributed by atoms with E-state index >= 15 is 0 Å². The molecule has 0 radical (unpaired) electrons. The second-order valence-electron chi connectivity index (χ2n) is 3.15. The van der Waals surface area contributed by atoms with Gasteiger partial charge in [-0.2, -0.15) is 0 Å². The Balaban J connectivity index is 2.55. The fraction of sp³-hybridized carbons (Fsp3) is 0.100. The Kier molecular flexibility index (Phi) is 2.15. The van der Waals surface area contributed by atoms with Gasteiger partial charge in [0.05, 0.1) is 0 Å². The first-order valence-corrected chi connectivity index (χ1v) is 4.26. The lowest BCUT2D eigenvalue weighted by Crippen LogP contribution is -1.88. The lowest BCUT2D eigenvalue weighted by Gasteiger charge is -1.98. The second kappa shape index (κ2) is 3.34. The van der Waals surface area contributed by atoms with Crippen molar-refractivity contribution in [1.29, 1.82) is 0 Å². The number of nitrogen functional groups attached to an aromatic ring is 1. The van der Waals surface area contributed by atoms with Gasteiger partial charge in [-0.25, -0.2) is 8.78 Å². The first-order valence-electron chi connectivity index (χ1n) is 4.26. The Morgan fingerprint density at radius 3 is 2.53 bits per heavy atom. The molecule has 2 N–H and O–H groups in total. The van der Waals surface area contributed by atoms with Gasteiger partial charge in [0.25, 0.3) is 0 Å². The van der Waals surface area contributed by atoms with E-state index in [1.807, 2.05) is 0 Å². The summed E-state index contributed by atoms with van der Waals surface area (Å²) in [6.45, 7) is 1.70. The van der Waals surface area contributed by atoms with E-state index in [2.05, 4.69) is 5.16 Å². The predicted octanol–water partition coefficient (Wildman–Crippen LogP) is 2.51. The molecule has 0 unspecified atom stereocenters. The molecule has 1 aromatic carbocycles. The number of nitrogens with zero attached hydrogens (tertiary/aromatic N) is 1. The molecule has 15 heavy (non-hydrogen) atoms. The van der Waals surface area contributed by atoms with Gasteiger partial charge in [0.2, 0.25) is 0 Å². The monoisotopic (exact) mass is 210 g/mol. The van der Waals surface area contributed by atoms with Crippen LogP contribution in [0, 0.1) is 18.6 Å². The zero-order valence-corrected chi connectivity index (χ0v) is 7.92. The third-order valence-corrected chi connectivity index (χ3v) is 2.14. The molecule has 0 amide bonds. The van der Waals surface area contributed by atoms with Gasteiger partial charge in [-0.3, -0.25) is 0 Å². The summed E-state index contributed by atoms with van der Waals surface area (Å²) < 4.78 is 30.5. The number of nitrogens with two attached hydrogens (primary N) is 1. The summed E-state index contributed by atoms with van der Waals surface area (Å²) >= 11 is 0. The largest absolute Gasteiger partial charge is 0.381 e. The molecule has 0 aliphatic carbocycles. The van der Waals surface area contributed by atoms with Gasteiger partial charge in [0.1, 0.15) is 0 Å². The number of aromatic nitrogens is 1. The van der Waals surface area contributed by atoms with Crippen LogP contribution < -0.4 is 5.73 Å². The Labute approximate surface area is 84.5 Å². The van der Waals surface area contributed by atoms with Crippen molar-refractivity contribution < 1.29 is 13.3 Å². The number of hydrogen-bond donors (Lipinski definition) is 1. The minimum atomic E-state index is -0.929. The Hall–Kier alpha value is -1.91. The van der Waals surface area contributed by atoms with Crippen molar-refractivity contribution >= 4 is 5.82 Å². The molecule has 2 rings (SSSR count). The molecule has 0 spiro atoms. The fourth-order valence-corrected chi connectivity index (χ4v) is 1.25. The average Bonchev–Trinajstić information content (AvgIpc) is 2.53. The van der Waals surface area contributed by atoms with Crippen molar-refractivity contribution in [2.45, 2.75) is 6.92 Å². The third kappa shape index (κ3) is 1.56. The Morgan fingerprint density at radius 2 is 2.00 bits per heavy atom.